The van der Waals surface area contributed by atoms with E-state index in [1.54, 1.807) is 0 Å². The molecule has 0 heterocycles. The minimum atomic E-state index is 0.370. The molecule has 0 radical (unpaired) electrons. The molecule has 0 bridgehead atoms. The Morgan fingerprint density at radius 3 is 2.24 bits per heavy atom. The van der Waals surface area contributed by atoms with Crippen molar-refractivity contribution in [3.05, 3.63) is 35.4 Å². The van der Waals surface area contributed by atoms with Crippen molar-refractivity contribution in [1.82, 2.24) is 4.90 Å². The lowest BCUT2D eigenvalue weighted by atomic mass is 9.76. The molecule has 2 nitrogen and oxygen atoms in total. The maximum Gasteiger partial charge on any atom is 0.0230 e. The van der Waals surface area contributed by atoms with Crippen molar-refractivity contribution >= 4 is 0 Å². The van der Waals surface area contributed by atoms with Crippen LogP contribution in [0.4, 0.5) is 0 Å². The zero-order valence-electron chi connectivity index (χ0n) is 14.7. The summed E-state index contributed by atoms with van der Waals surface area (Å²) in [6.07, 6.45) is 3.68. The van der Waals surface area contributed by atoms with Crippen LogP contribution < -0.4 is 5.73 Å². The molecule has 0 aromatic heterocycles. The van der Waals surface area contributed by atoms with Crippen molar-refractivity contribution in [2.45, 2.75) is 53.5 Å². The Kier molecular flexibility index (Phi) is 7.41. The summed E-state index contributed by atoms with van der Waals surface area (Å²) in [6, 6.07) is 8.86. The van der Waals surface area contributed by atoms with Gasteiger partial charge in [0.2, 0.25) is 0 Å². The van der Waals surface area contributed by atoms with E-state index in [0.717, 1.165) is 32.0 Å². The van der Waals surface area contributed by atoms with Gasteiger partial charge in [-0.25, -0.2) is 0 Å². The highest BCUT2D eigenvalue weighted by atomic mass is 15.1. The molecule has 1 rings (SSSR count). The van der Waals surface area contributed by atoms with E-state index in [0.29, 0.717) is 5.41 Å². The van der Waals surface area contributed by atoms with Gasteiger partial charge >= 0.3 is 0 Å². The normalized spacial score (nSPS) is 13.7. The van der Waals surface area contributed by atoms with E-state index in [2.05, 4.69) is 63.9 Å². The van der Waals surface area contributed by atoms with Crippen molar-refractivity contribution in [1.29, 1.82) is 0 Å². The number of rotatable bonds is 8. The molecule has 0 aliphatic carbocycles. The third kappa shape index (κ3) is 7.10. The second-order valence-corrected chi connectivity index (χ2v) is 7.51. The van der Waals surface area contributed by atoms with E-state index in [1.807, 2.05) is 0 Å². The van der Waals surface area contributed by atoms with Crippen molar-refractivity contribution in [3.63, 3.8) is 0 Å². The summed E-state index contributed by atoms with van der Waals surface area (Å²) in [5.74, 6) is 0.732. The highest BCUT2D eigenvalue weighted by molar-refractivity contribution is 5.21. The molecule has 0 spiro atoms. The van der Waals surface area contributed by atoms with E-state index >= 15 is 0 Å². The fourth-order valence-electron chi connectivity index (χ4n) is 2.90. The molecular weight excluding hydrogens is 256 g/mol. The third-order valence-electron chi connectivity index (χ3n) is 4.41. The number of hydrogen-bond donors (Lipinski definition) is 1. The van der Waals surface area contributed by atoms with Crippen molar-refractivity contribution in [2.75, 3.05) is 20.1 Å². The topological polar surface area (TPSA) is 29.3 Å². The van der Waals surface area contributed by atoms with Gasteiger partial charge in [-0.15, -0.1) is 0 Å². The zero-order chi connectivity index (χ0) is 15.9. The van der Waals surface area contributed by atoms with E-state index in [4.69, 9.17) is 5.73 Å². The highest BCUT2D eigenvalue weighted by Gasteiger charge is 2.23. The Balaban J connectivity index is 2.35. The first-order chi connectivity index (χ1) is 9.82. The lowest BCUT2D eigenvalue weighted by molar-refractivity contribution is 0.199. The Morgan fingerprint density at radius 2 is 1.71 bits per heavy atom. The molecule has 0 saturated heterocycles. The van der Waals surface area contributed by atoms with Crippen LogP contribution in [0.2, 0.25) is 0 Å². The highest BCUT2D eigenvalue weighted by Crippen LogP contribution is 2.32. The van der Waals surface area contributed by atoms with Crippen LogP contribution in [0.25, 0.3) is 0 Å². The van der Waals surface area contributed by atoms with Gasteiger partial charge in [0.25, 0.3) is 0 Å². The maximum atomic E-state index is 5.76. The molecule has 1 atom stereocenters. The van der Waals surface area contributed by atoms with Gasteiger partial charge in [-0.2, -0.15) is 0 Å². The smallest absolute Gasteiger partial charge is 0.0230 e. The van der Waals surface area contributed by atoms with E-state index in [9.17, 15) is 0 Å². The predicted octanol–water partition coefficient (Wildman–Crippen LogP) is 4.22. The first-order valence-corrected chi connectivity index (χ1v) is 8.27. The number of hydrogen-bond acceptors (Lipinski definition) is 2. The quantitative estimate of drug-likeness (QED) is 0.777. The van der Waals surface area contributed by atoms with Gasteiger partial charge in [-0.1, -0.05) is 50.6 Å². The Labute approximate surface area is 131 Å². The summed E-state index contributed by atoms with van der Waals surface area (Å²) in [5.41, 5.74) is 8.86. The number of benzene rings is 1. The van der Waals surface area contributed by atoms with E-state index in [1.165, 1.54) is 24.0 Å². The summed E-state index contributed by atoms with van der Waals surface area (Å²) in [7, 11) is 2.22. The third-order valence-corrected chi connectivity index (χ3v) is 4.41. The Morgan fingerprint density at radius 1 is 1.10 bits per heavy atom. The maximum absolute atomic E-state index is 5.76. The van der Waals surface area contributed by atoms with Crippen molar-refractivity contribution in [2.24, 2.45) is 17.1 Å². The second-order valence-electron chi connectivity index (χ2n) is 7.51. The fraction of sp³-hybridized carbons (Fsp3) is 0.684. The van der Waals surface area contributed by atoms with Gasteiger partial charge in [-0.3, -0.25) is 0 Å². The molecule has 1 aromatic rings. The molecule has 0 fully saturated rings. The van der Waals surface area contributed by atoms with Crippen LogP contribution in [-0.2, 0) is 6.54 Å². The molecule has 1 unspecified atom stereocenters. The summed E-state index contributed by atoms with van der Waals surface area (Å²) < 4.78 is 0. The minimum absolute atomic E-state index is 0.370. The van der Waals surface area contributed by atoms with E-state index in [-0.39, 0.29) is 0 Å². The second kappa shape index (κ2) is 8.55. The SMILES string of the molecule is Cc1ccc(CN(C)CCCC(CCN)C(C)(C)C)cc1. The molecule has 21 heavy (non-hydrogen) atoms. The zero-order valence-corrected chi connectivity index (χ0v) is 14.7. The van der Waals surface area contributed by atoms with Gasteiger partial charge in [0, 0.05) is 6.54 Å². The Bertz CT molecular complexity index is 389. The molecule has 0 amide bonds. The van der Waals surface area contributed by atoms with E-state index < -0.39 is 0 Å². The molecule has 2 heteroatoms. The molecule has 0 saturated carbocycles. The average molecular weight is 290 g/mol. The summed E-state index contributed by atoms with van der Waals surface area (Å²) >= 11 is 0. The van der Waals surface area contributed by atoms with Gasteiger partial charge in [-0.05, 0) is 63.2 Å². The van der Waals surface area contributed by atoms with Crippen LogP contribution >= 0.6 is 0 Å². The lowest BCUT2D eigenvalue weighted by Gasteiger charge is -2.31. The average Bonchev–Trinajstić information content (AvgIpc) is 2.39. The first-order valence-electron chi connectivity index (χ1n) is 8.27. The summed E-state index contributed by atoms with van der Waals surface area (Å²) in [6.45, 7) is 12.1. The monoisotopic (exact) mass is 290 g/mol. The van der Waals surface area contributed by atoms with Crippen LogP contribution in [-0.4, -0.2) is 25.0 Å². The molecular formula is C19H34N2. The van der Waals surface area contributed by atoms with Gasteiger partial charge in [0.15, 0.2) is 0 Å². The van der Waals surface area contributed by atoms with Crippen molar-refractivity contribution in [3.8, 4) is 0 Å². The summed E-state index contributed by atoms with van der Waals surface area (Å²) in [4.78, 5) is 2.42. The number of nitrogens with two attached hydrogens (primary N) is 1. The first kappa shape index (κ1) is 18.2. The molecule has 0 aliphatic heterocycles. The Hall–Kier alpha value is -0.860. The standard InChI is InChI=1S/C19H34N2/c1-16-8-10-17(11-9-16)15-21(5)14-6-7-18(12-13-20)19(2,3)4/h8-11,18H,6-7,12-15,20H2,1-5H3. The van der Waals surface area contributed by atoms with Crippen LogP contribution in [0.1, 0.15) is 51.2 Å². The largest absolute Gasteiger partial charge is 0.330 e. The van der Waals surface area contributed by atoms with Crippen molar-refractivity contribution < 1.29 is 0 Å². The van der Waals surface area contributed by atoms with Gasteiger partial charge < -0.3 is 10.6 Å². The van der Waals surface area contributed by atoms with Gasteiger partial charge in [0.05, 0.1) is 0 Å². The van der Waals surface area contributed by atoms with Crippen LogP contribution in [0, 0.1) is 18.3 Å². The van der Waals surface area contributed by atoms with Crippen LogP contribution in [0.5, 0.6) is 0 Å². The fourth-order valence-corrected chi connectivity index (χ4v) is 2.90. The number of nitrogens with zero attached hydrogens (tertiary/aromatic N) is 1. The lowest BCUT2D eigenvalue weighted by Crippen LogP contribution is -2.25. The van der Waals surface area contributed by atoms with Crippen LogP contribution in [0.15, 0.2) is 24.3 Å². The molecule has 2 N–H and O–H groups in total. The van der Waals surface area contributed by atoms with Crippen LogP contribution in [0.3, 0.4) is 0 Å². The number of aryl methyl sites for hydroxylation is 1. The predicted molar refractivity (Wildman–Crippen MR) is 93.4 cm³/mol. The van der Waals surface area contributed by atoms with Gasteiger partial charge in [0.1, 0.15) is 0 Å². The molecule has 1 aromatic carbocycles. The molecule has 0 aliphatic rings. The molecule has 120 valence electrons. The minimum Gasteiger partial charge on any atom is -0.330 e. The summed E-state index contributed by atoms with van der Waals surface area (Å²) in [5, 5.41) is 0.